The number of carbonyl (C=O) groups excluding carboxylic acids is 2. The summed E-state index contributed by atoms with van der Waals surface area (Å²) in [6.45, 7) is 1.80. The first-order chi connectivity index (χ1) is 11.6. The molecule has 0 spiro atoms. The van der Waals surface area contributed by atoms with Crippen molar-refractivity contribution < 1.29 is 18.7 Å². The highest BCUT2D eigenvalue weighted by atomic mass is 32.1. The number of rotatable bonds is 5. The molecule has 0 saturated carbocycles. The van der Waals surface area contributed by atoms with Crippen LogP contribution in [0.5, 0.6) is 0 Å². The van der Waals surface area contributed by atoms with Gasteiger partial charge in [-0.15, -0.1) is 0 Å². The molecule has 0 aliphatic carbocycles. The third-order valence-corrected chi connectivity index (χ3v) is 4.06. The average molecular weight is 342 g/mol. The Morgan fingerprint density at radius 1 is 1.25 bits per heavy atom. The summed E-state index contributed by atoms with van der Waals surface area (Å²) in [4.78, 5) is 24.1. The van der Waals surface area contributed by atoms with Crippen LogP contribution in [0.1, 0.15) is 32.2 Å². The van der Waals surface area contributed by atoms with Crippen LogP contribution >= 0.6 is 11.5 Å². The number of amides is 1. The molecule has 0 bridgehead atoms. The van der Waals surface area contributed by atoms with Crippen LogP contribution in [0.15, 0.2) is 52.5 Å². The van der Waals surface area contributed by atoms with Gasteiger partial charge in [0.25, 0.3) is 5.91 Å². The van der Waals surface area contributed by atoms with Crippen LogP contribution in [0.3, 0.4) is 0 Å². The largest absolute Gasteiger partial charge is 0.459 e. The summed E-state index contributed by atoms with van der Waals surface area (Å²) in [6, 6.07) is 10.3. The maximum Gasteiger partial charge on any atom is 0.341 e. The van der Waals surface area contributed by atoms with E-state index in [0.717, 1.165) is 0 Å². The van der Waals surface area contributed by atoms with Crippen LogP contribution < -0.4 is 5.32 Å². The van der Waals surface area contributed by atoms with E-state index in [1.807, 2.05) is 6.07 Å². The second-order valence-electron chi connectivity index (χ2n) is 4.98. The summed E-state index contributed by atoms with van der Waals surface area (Å²) in [7, 11) is 0. The summed E-state index contributed by atoms with van der Waals surface area (Å²) < 4.78 is 14.4. The molecule has 3 aromatic rings. The van der Waals surface area contributed by atoms with E-state index in [9.17, 15) is 9.59 Å². The number of benzene rings is 1. The lowest BCUT2D eigenvalue weighted by Gasteiger charge is -2.10. The molecule has 1 aromatic carbocycles. The Hall–Kier alpha value is -2.93. The molecule has 2 aromatic heterocycles. The lowest BCUT2D eigenvalue weighted by Crippen LogP contribution is -2.13. The topological polar surface area (TPSA) is 81.4 Å². The van der Waals surface area contributed by atoms with E-state index in [-0.39, 0.29) is 18.3 Å². The molecular weight excluding hydrogens is 328 g/mol. The average Bonchev–Trinajstić information content (AvgIpc) is 3.25. The second-order valence-corrected chi connectivity index (χ2v) is 5.61. The van der Waals surface area contributed by atoms with E-state index >= 15 is 0 Å². The van der Waals surface area contributed by atoms with Crippen LogP contribution in [0.25, 0.3) is 0 Å². The van der Waals surface area contributed by atoms with Crippen LogP contribution in [-0.4, -0.2) is 16.3 Å². The Balaban J connectivity index is 1.69. The zero-order valence-electron chi connectivity index (χ0n) is 12.8. The predicted octanol–water partition coefficient (Wildman–Crippen LogP) is 3.65. The Morgan fingerprint density at radius 3 is 2.79 bits per heavy atom. The fourth-order valence-corrected chi connectivity index (χ4v) is 2.75. The van der Waals surface area contributed by atoms with Crippen molar-refractivity contribution in [3.05, 3.63) is 70.6 Å². The number of nitrogens with one attached hydrogen (secondary N) is 1. The normalized spacial score (nSPS) is 10.4. The standard InChI is InChI=1S/C17H14N2O4S/c1-11-13(10-24-19-11)17(21)23-9-12-5-2-3-6-14(12)18-16(20)15-7-4-8-22-15/h2-8,10H,9H2,1H3,(H,18,20). The van der Waals surface area contributed by atoms with Gasteiger partial charge < -0.3 is 14.5 Å². The lowest BCUT2D eigenvalue weighted by molar-refractivity contribution is 0.0473. The Morgan fingerprint density at radius 2 is 2.08 bits per heavy atom. The molecule has 6 nitrogen and oxygen atoms in total. The van der Waals surface area contributed by atoms with Gasteiger partial charge in [0, 0.05) is 16.6 Å². The van der Waals surface area contributed by atoms with Crippen molar-refractivity contribution in [1.82, 2.24) is 4.37 Å². The zero-order valence-corrected chi connectivity index (χ0v) is 13.6. The predicted molar refractivity (Wildman–Crippen MR) is 89.1 cm³/mol. The van der Waals surface area contributed by atoms with Gasteiger partial charge in [-0.3, -0.25) is 4.79 Å². The number of carbonyl (C=O) groups is 2. The van der Waals surface area contributed by atoms with E-state index < -0.39 is 5.97 Å². The number of aromatic nitrogens is 1. The number of para-hydroxylation sites is 1. The van der Waals surface area contributed by atoms with Crippen LogP contribution in [0.2, 0.25) is 0 Å². The van der Waals surface area contributed by atoms with Crippen molar-refractivity contribution >= 4 is 29.1 Å². The monoisotopic (exact) mass is 342 g/mol. The van der Waals surface area contributed by atoms with E-state index in [1.165, 1.54) is 17.8 Å². The number of anilines is 1. The molecule has 24 heavy (non-hydrogen) atoms. The molecule has 0 fully saturated rings. The maximum atomic E-state index is 12.1. The minimum atomic E-state index is -0.437. The number of hydrogen-bond donors (Lipinski definition) is 1. The second kappa shape index (κ2) is 7.10. The van der Waals surface area contributed by atoms with Gasteiger partial charge in [-0.05, 0) is 36.7 Å². The van der Waals surface area contributed by atoms with Gasteiger partial charge in [0.15, 0.2) is 5.76 Å². The van der Waals surface area contributed by atoms with E-state index in [4.69, 9.17) is 9.15 Å². The number of ether oxygens (including phenoxy) is 1. The molecule has 7 heteroatoms. The smallest absolute Gasteiger partial charge is 0.341 e. The highest BCUT2D eigenvalue weighted by Gasteiger charge is 2.15. The minimum absolute atomic E-state index is 0.0444. The third kappa shape index (κ3) is 3.52. The molecule has 0 aliphatic rings. The van der Waals surface area contributed by atoms with Crippen molar-refractivity contribution in [2.24, 2.45) is 0 Å². The quantitative estimate of drug-likeness (QED) is 0.716. The van der Waals surface area contributed by atoms with Gasteiger partial charge in [0.05, 0.1) is 17.5 Å². The maximum absolute atomic E-state index is 12.1. The summed E-state index contributed by atoms with van der Waals surface area (Å²) in [5, 5.41) is 4.40. The molecule has 0 atom stereocenters. The highest BCUT2D eigenvalue weighted by Crippen LogP contribution is 2.19. The fraction of sp³-hybridized carbons (Fsp3) is 0.118. The zero-order chi connectivity index (χ0) is 16.9. The molecule has 1 N–H and O–H groups in total. The van der Waals surface area contributed by atoms with Crippen LogP contribution in [-0.2, 0) is 11.3 Å². The molecule has 0 aliphatic heterocycles. The van der Waals surface area contributed by atoms with Gasteiger partial charge in [-0.2, -0.15) is 4.37 Å². The van der Waals surface area contributed by atoms with E-state index in [1.54, 1.807) is 42.6 Å². The SMILES string of the molecule is Cc1nscc1C(=O)OCc1ccccc1NC(=O)c1ccco1. The van der Waals surface area contributed by atoms with Crippen LogP contribution in [0, 0.1) is 6.92 Å². The van der Waals surface area contributed by atoms with Gasteiger partial charge in [0.2, 0.25) is 0 Å². The first kappa shape index (κ1) is 15.9. The number of nitrogens with zero attached hydrogens (tertiary/aromatic N) is 1. The van der Waals surface area contributed by atoms with Gasteiger partial charge >= 0.3 is 5.97 Å². The first-order valence-electron chi connectivity index (χ1n) is 7.16. The summed E-state index contributed by atoms with van der Waals surface area (Å²) in [5.41, 5.74) is 2.35. The van der Waals surface area contributed by atoms with Crippen LogP contribution in [0.4, 0.5) is 5.69 Å². The molecule has 122 valence electrons. The summed E-state index contributed by atoms with van der Waals surface area (Å²) in [5.74, 6) is -0.591. The molecule has 3 rings (SSSR count). The summed E-state index contributed by atoms with van der Waals surface area (Å²) >= 11 is 1.21. The molecule has 0 saturated heterocycles. The van der Waals surface area contributed by atoms with Crippen molar-refractivity contribution in [3.63, 3.8) is 0 Å². The van der Waals surface area contributed by atoms with Gasteiger partial charge in [0.1, 0.15) is 6.61 Å². The van der Waals surface area contributed by atoms with Gasteiger partial charge in [-0.25, -0.2) is 4.79 Å². The Labute approximate surface area is 142 Å². The number of esters is 1. The molecule has 0 unspecified atom stereocenters. The van der Waals surface area contributed by atoms with Crippen molar-refractivity contribution in [2.45, 2.75) is 13.5 Å². The van der Waals surface area contributed by atoms with E-state index in [2.05, 4.69) is 9.69 Å². The molecule has 0 radical (unpaired) electrons. The number of aryl methyl sites for hydroxylation is 1. The first-order valence-corrected chi connectivity index (χ1v) is 7.99. The van der Waals surface area contributed by atoms with Gasteiger partial charge in [-0.1, -0.05) is 18.2 Å². The fourth-order valence-electron chi connectivity index (χ4n) is 2.07. The highest BCUT2D eigenvalue weighted by molar-refractivity contribution is 7.03. The minimum Gasteiger partial charge on any atom is -0.459 e. The Bertz CT molecular complexity index is 855. The van der Waals surface area contributed by atoms with E-state index in [0.29, 0.717) is 22.5 Å². The molecule has 1 amide bonds. The van der Waals surface area contributed by atoms with Crippen molar-refractivity contribution in [1.29, 1.82) is 0 Å². The Kier molecular flexibility index (Phi) is 4.72. The molecule has 2 heterocycles. The van der Waals surface area contributed by atoms with Crippen molar-refractivity contribution in [3.8, 4) is 0 Å². The lowest BCUT2D eigenvalue weighted by atomic mass is 10.2. The number of hydrogen-bond acceptors (Lipinski definition) is 6. The third-order valence-electron chi connectivity index (χ3n) is 3.34. The number of furan rings is 1. The molecular formula is C17H14N2O4S. The summed E-state index contributed by atoms with van der Waals surface area (Å²) in [6.07, 6.45) is 1.43. The van der Waals surface area contributed by atoms with Crippen molar-refractivity contribution in [2.75, 3.05) is 5.32 Å².